The number of hydrogen-bond donors (Lipinski definition) is 1. The van der Waals surface area contributed by atoms with E-state index in [9.17, 15) is 0 Å². The molecular formula is C15H22ClNO. The van der Waals surface area contributed by atoms with Crippen LogP contribution in [0.5, 0.6) is 5.75 Å². The molecule has 0 amide bonds. The number of rotatable bonds is 5. The summed E-state index contributed by atoms with van der Waals surface area (Å²) < 4.78 is 5.15. The molecule has 18 heavy (non-hydrogen) atoms. The molecule has 0 aliphatic heterocycles. The van der Waals surface area contributed by atoms with Crippen LogP contribution >= 0.6 is 11.6 Å². The zero-order chi connectivity index (χ0) is 12.8. The number of ether oxygens (including phenoxy) is 1. The van der Waals surface area contributed by atoms with Gasteiger partial charge in [-0.05, 0) is 56.3 Å². The Morgan fingerprint density at radius 3 is 2.44 bits per heavy atom. The van der Waals surface area contributed by atoms with E-state index in [1.165, 1.54) is 18.4 Å². The maximum Gasteiger partial charge on any atom is 0.118 e. The molecule has 1 aromatic rings. The molecule has 1 aliphatic rings. The van der Waals surface area contributed by atoms with E-state index in [1.807, 2.05) is 12.1 Å². The van der Waals surface area contributed by atoms with Crippen LogP contribution in [0.25, 0.3) is 0 Å². The first kappa shape index (κ1) is 13.7. The van der Waals surface area contributed by atoms with Gasteiger partial charge in [-0.2, -0.15) is 0 Å². The molecule has 1 saturated carbocycles. The third-order valence-corrected chi connectivity index (χ3v) is 4.10. The highest BCUT2D eigenvalue weighted by atomic mass is 35.5. The number of alkyl halides is 1. The van der Waals surface area contributed by atoms with Crippen LogP contribution in [-0.2, 0) is 6.42 Å². The molecule has 1 N–H and O–H groups in total. The zero-order valence-electron chi connectivity index (χ0n) is 11.0. The van der Waals surface area contributed by atoms with Crippen molar-refractivity contribution in [2.75, 3.05) is 13.7 Å². The standard InChI is InChI=1S/C15H22ClNO/c1-18-15-8-2-12(3-9-15)10-11-17-14-6-4-13(16)5-7-14/h2-3,8-9,13-14,17H,4-7,10-11H2,1H3. The molecule has 3 heteroatoms. The second-order valence-corrected chi connectivity index (χ2v) is 5.62. The molecule has 0 saturated heterocycles. The minimum atomic E-state index is 0.407. The van der Waals surface area contributed by atoms with Crippen molar-refractivity contribution >= 4 is 11.6 Å². The lowest BCUT2D eigenvalue weighted by Gasteiger charge is -2.25. The van der Waals surface area contributed by atoms with Gasteiger partial charge in [-0.15, -0.1) is 11.6 Å². The van der Waals surface area contributed by atoms with E-state index in [2.05, 4.69) is 17.4 Å². The molecule has 0 heterocycles. The maximum atomic E-state index is 6.10. The van der Waals surface area contributed by atoms with E-state index in [0.717, 1.165) is 31.6 Å². The summed E-state index contributed by atoms with van der Waals surface area (Å²) in [6.45, 7) is 1.05. The largest absolute Gasteiger partial charge is 0.497 e. The topological polar surface area (TPSA) is 21.3 Å². The SMILES string of the molecule is COc1ccc(CCNC2CCC(Cl)CC2)cc1. The number of hydrogen-bond acceptors (Lipinski definition) is 2. The Balaban J connectivity index is 1.68. The van der Waals surface area contributed by atoms with Crippen LogP contribution in [0.15, 0.2) is 24.3 Å². The number of benzene rings is 1. The van der Waals surface area contributed by atoms with Gasteiger partial charge in [-0.3, -0.25) is 0 Å². The average Bonchev–Trinajstić information content (AvgIpc) is 2.42. The summed E-state index contributed by atoms with van der Waals surface area (Å²) >= 11 is 6.10. The number of methoxy groups -OCH3 is 1. The molecule has 1 fully saturated rings. The molecule has 1 aromatic carbocycles. The van der Waals surface area contributed by atoms with Crippen LogP contribution in [0, 0.1) is 0 Å². The molecule has 0 atom stereocenters. The lowest BCUT2D eigenvalue weighted by atomic mass is 9.95. The van der Waals surface area contributed by atoms with Gasteiger partial charge in [0.15, 0.2) is 0 Å². The molecule has 100 valence electrons. The van der Waals surface area contributed by atoms with Gasteiger partial charge in [0, 0.05) is 11.4 Å². The summed E-state index contributed by atoms with van der Waals surface area (Å²) in [6, 6.07) is 8.98. The minimum Gasteiger partial charge on any atom is -0.497 e. The predicted octanol–water partition coefficient (Wildman–Crippen LogP) is 3.38. The Morgan fingerprint density at radius 1 is 1.17 bits per heavy atom. The molecule has 1 aliphatic carbocycles. The van der Waals surface area contributed by atoms with Crippen molar-refractivity contribution in [2.45, 2.75) is 43.5 Å². The first-order valence-electron chi connectivity index (χ1n) is 6.78. The maximum absolute atomic E-state index is 6.10. The quantitative estimate of drug-likeness (QED) is 0.826. The Morgan fingerprint density at radius 2 is 1.83 bits per heavy atom. The van der Waals surface area contributed by atoms with Crippen LogP contribution in [-0.4, -0.2) is 25.1 Å². The average molecular weight is 268 g/mol. The summed E-state index contributed by atoms with van der Waals surface area (Å²) in [4.78, 5) is 0. The first-order chi connectivity index (χ1) is 8.78. The second-order valence-electron chi connectivity index (χ2n) is 5.00. The van der Waals surface area contributed by atoms with Crippen LogP contribution in [0.1, 0.15) is 31.2 Å². The molecule has 0 bridgehead atoms. The molecule has 2 rings (SSSR count). The first-order valence-corrected chi connectivity index (χ1v) is 7.22. The Labute approximate surface area is 115 Å². The fourth-order valence-corrected chi connectivity index (χ4v) is 2.72. The smallest absolute Gasteiger partial charge is 0.118 e. The van der Waals surface area contributed by atoms with Gasteiger partial charge >= 0.3 is 0 Å². The number of halogens is 1. The lowest BCUT2D eigenvalue weighted by Crippen LogP contribution is -2.34. The Bertz CT molecular complexity index is 344. The third-order valence-electron chi connectivity index (χ3n) is 3.66. The summed E-state index contributed by atoms with van der Waals surface area (Å²) in [6.07, 6.45) is 5.82. The Hall–Kier alpha value is -0.730. The van der Waals surface area contributed by atoms with Crippen molar-refractivity contribution in [1.82, 2.24) is 5.32 Å². The summed E-state index contributed by atoms with van der Waals surface area (Å²) in [5, 5.41) is 4.04. The highest BCUT2D eigenvalue weighted by molar-refractivity contribution is 6.20. The molecule has 0 unspecified atom stereocenters. The van der Waals surface area contributed by atoms with E-state index < -0.39 is 0 Å². The van der Waals surface area contributed by atoms with E-state index in [4.69, 9.17) is 16.3 Å². The molecular weight excluding hydrogens is 246 g/mol. The van der Waals surface area contributed by atoms with E-state index in [1.54, 1.807) is 7.11 Å². The van der Waals surface area contributed by atoms with Gasteiger partial charge in [0.25, 0.3) is 0 Å². The summed E-state index contributed by atoms with van der Waals surface area (Å²) in [7, 11) is 1.70. The lowest BCUT2D eigenvalue weighted by molar-refractivity contribution is 0.379. The van der Waals surface area contributed by atoms with Crippen molar-refractivity contribution < 1.29 is 4.74 Å². The fourth-order valence-electron chi connectivity index (χ4n) is 2.47. The third kappa shape index (κ3) is 4.18. The highest BCUT2D eigenvalue weighted by Gasteiger charge is 2.18. The van der Waals surface area contributed by atoms with Gasteiger partial charge in [0.1, 0.15) is 5.75 Å². The normalized spacial score (nSPS) is 23.9. The van der Waals surface area contributed by atoms with Crippen LogP contribution in [0.2, 0.25) is 0 Å². The van der Waals surface area contributed by atoms with Crippen molar-refractivity contribution in [3.05, 3.63) is 29.8 Å². The van der Waals surface area contributed by atoms with Crippen molar-refractivity contribution in [2.24, 2.45) is 0 Å². The van der Waals surface area contributed by atoms with Crippen LogP contribution in [0.3, 0.4) is 0 Å². The monoisotopic (exact) mass is 267 g/mol. The van der Waals surface area contributed by atoms with Crippen LogP contribution in [0.4, 0.5) is 0 Å². The Kier molecular flexibility index (Phi) is 5.33. The molecule has 0 aromatic heterocycles. The molecule has 0 spiro atoms. The second kappa shape index (κ2) is 7.01. The van der Waals surface area contributed by atoms with Gasteiger partial charge in [0.2, 0.25) is 0 Å². The predicted molar refractivity (Wildman–Crippen MR) is 76.6 cm³/mol. The summed E-state index contributed by atoms with van der Waals surface area (Å²) in [5.41, 5.74) is 1.36. The minimum absolute atomic E-state index is 0.407. The van der Waals surface area contributed by atoms with Gasteiger partial charge < -0.3 is 10.1 Å². The van der Waals surface area contributed by atoms with E-state index in [-0.39, 0.29) is 0 Å². The molecule has 2 nitrogen and oxygen atoms in total. The van der Waals surface area contributed by atoms with E-state index in [0.29, 0.717) is 11.4 Å². The van der Waals surface area contributed by atoms with Crippen molar-refractivity contribution in [3.63, 3.8) is 0 Å². The fraction of sp³-hybridized carbons (Fsp3) is 0.600. The van der Waals surface area contributed by atoms with Crippen molar-refractivity contribution in [3.8, 4) is 5.75 Å². The molecule has 0 radical (unpaired) electrons. The van der Waals surface area contributed by atoms with Crippen LogP contribution < -0.4 is 10.1 Å². The van der Waals surface area contributed by atoms with Gasteiger partial charge in [-0.25, -0.2) is 0 Å². The summed E-state index contributed by atoms with van der Waals surface area (Å²) in [5.74, 6) is 0.923. The number of nitrogens with one attached hydrogen (secondary N) is 1. The van der Waals surface area contributed by atoms with Gasteiger partial charge in [-0.1, -0.05) is 12.1 Å². The van der Waals surface area contributed by atoms with E-state index >= 15 is 0 Å². The zero-order valence-corrected chi connectivity index (χ0v) is 11.7. The van der Waals surface area contributed by atoms with Gasteiger partial charge in [0.05, 0.1) is 7.11 Å². The van der Waals surface area contributed by atoms with Crippen molar-refractivity contribution in [1.29, 1.82) is 0 Å². The highest BCUT2D eigenvalue weighted by Crippen LogP contribution is 2.22.